The monoisotopic (exact) mass is 623 g/mol. The highest BCUT2D eigenvalue weighted by Gasteiger charge is 2.43. The molecule has 2 aromatic carbocycles. The number of alkyl halides is 3. The number of thioether (sulfide) groups is 1. The Bertz CT molecular complexity index is 1600. The van der Waals surface area contributed by atoms with E-state index in [1.54, 1.807) is 25.1 Å². The molecule has 3 heterocycles. The molecule has 1 aliphatic heterocycles. The third-order valence-electron chi connectivity index (χ3n) is 6.45. The van der Waals surface area contributed by atoms with E-state index < -0.39 is 28.5 Å². The van der Waals surface area contributed by atoms with Crippen LogP contribution in [0.5, 0.6) is 11.5 Å². The summed E-state index contributed by atoms with van der Waals surface area (Å²) < 4.78 is 59.9. The molecule has 1 aliphatic rings. The van der Waals surface area contributed by atoms with Gasteiger partial charge < -0.3 is 14.2 Å². The van der Waals surface area contributed by atoms with Gasteiger partial charge in [-0.1, -0.05) is 23.7 Å². The predicted molar refractivity (Wildman–Crippen MR) is 146 cm³/mol. The lowest BCUT2D eigenvalue weighted by atomic mass is 10.0. The summed E-state index contributed by atoms with van der Waals surface area (Å²) in [7, 11) is 3.01. The van der Waals surface area contributed by atoms with Crippen LogP contribution in [-0.4, -0.2) is 61.8 Å². The first-order valence-electron chi connectivity index (χ1n) is 12.8. The van der Waals surface area contributed by atoms with E-state index in [4.69, 9.17) is 25.8 Å². The zero-order chi connectivity index (χ0) is 30.0. The third kappa shape index (κ3) is 5.88. The van der Waals surface area contributed by atoms with E-state index >= 15 is 0 Å². The van der Waals surface area contributed by atoms with Gasteiger partial charge in [-0.2, -0.15) is 18.0 Å². The second-order valence-electron chi connectivity index (χ2n) is 9.08. The van der Waals surface area contributed by atoms with Crippen LogP contribution in [0.15, 0.2) is 36.4 Å². The number of ether oxygens (including phenoxy) is 3. The lowest BCUT2D eigenvalue weighted by Crippen LogP contribution is -2.16. The van der Waals surface area contributed by atoms with Crippen molar-refractivity contribution in [3.8, 4) is 17.2 Å². The maximum absolute atomic E-state index is 14.2. The van der Waals surface area contributed by atoms with Crippen molar-refractivity contribution in [2.24, 2.45) is 0 Å². The number of hydrogen-bond acceptors (Lipinski definition) is 10. The smallest absolute Gasteiger partial charge is 0.452 e. The molecule has 0 saturated carbocycles. The highest BCUT2D eigenvalue weighted by molar-refractivity contribution is 8.00. The first-order valence-corrected chi connectivity index (χ1v) is 14.1. The van der Waals surface area contributed by atoms with E-state index in [9.17, 15) is 18.0 Å². The zero-order valence-corrected chi connectivity index (χ0v) is 24.2. The van der Waals surface area contributed by atoms with Gasteiger partial charge in [-0.25, -0.2) is 0 Å². The third-order valence-corrected chi connectivity index (χ3v) is 8.24. The van der Waals surface area contributed by atoms with E-state index in [-0.39, 0.29) is 43.3 Å². The van der Waals surface area contributed by atoms with Crippen LogP contribution in [0.4, 0.5) is 13.2 Å². The number of tetrazole rings is 1. The van der Waals surface area contributed by atoms with Gasteiger partial charge in [-0.05, 0) is 48.4 Å². The van der Waals surface area contributed by atoms with Crippen LogP contribution in [0, 0.1) is 0 Å². The van der Waals surface area contributed by atoms with Crippen LogP contribution in [0.25, 0.3) is 5.69 Å². The van der Waals surface area contributed by atoms with Crippen LogP contribution < -0.4 is 9.47 Å². The number of methoxy groups -OCH3 is 2. The SMILES string of the molecule is CCOC(=O)Cc1nnn(CC[C@@H]2S[C@@H](c3cccc(OC)c3OC)c3cc(Cl)ccc3-n3c2nnc3C(F)(F)F)n1. The van der Waals surface area contributed by atoms with Crippen LogP contribution in [0.1, 0.15) is 52.4 Å². The standard InChI is InChI=1S/C26H25ClF3N7O4S/c1-4-41-21(38)13-20-31-35-36(34-20)11-10-19-24-32-33-25(26(28,29)30)37(24)17-9-8-14(27)12-16(17)23(42-19)15-6-5-7-18(39-2)22(15)40-3/h5-9,12,19,23H,4,10-11,13H2,1-3H3/t19-,23-/m0/s1. The highest BCUT2D eigenvalue weighted by Crippen LogP contribution is 2.54. The Kier molecular flexibility index (Phi) is 8.59. The molecule has 16 heteroatoms. The van der Waals surface area contributed by atoms with Crippen LogP contribution in [-0.2, 0) is 28.7 Å². The van der Waals surface area contributed by atoms with E-state index in [2.05, 4.69) is 25.6 Å². The van der Waals surface area contributed by atoms with Crippen LogP contribution in [0.3, 0.4) is 0 Å². The average Bonchev–Trinajstić information content (AvgIpc) is 3.57. The second-order valence-corrected chi connectivity index (χ2v) is 10.8. The fraction of sp³-hybridized carbons (Fsp3) is 0.385. The Hall–Kier alpha value is -3.85. The maximum Gasteiger partial charge on any atom is 0.452 e. The number of aromatic nitrogens is 7. The summed E-state index contributed by atoms with van der Waals surface area (Å²) in [6.45, 7) is 2.08. The number of aryl methyl sites for hydroxylation is 1. The molecule has 2 aromatic heterocycles. The minimum absolute atomic E-state index is 0.104. The number of para-hydroxylation sites is 1. The molecule has 0 spiro atoms. The van der Waals surface area contributed by atoms with Crippen molar-refractivity contribution in [3.05, 3.63) is 70.0 Å². The number of carbonyl (C=O) groups is 1. The fourth-order valence-corrected chi connectivity index (χ4v) is 6.43. The molecular weight excluding hydrogens is 599 g/mol. The van der Waals surface area contributed by atoms with Gasteiger partial charge in [-0.3, -0.25) is 9.36 Å². The lowest BCUT2D eigenvalue weighted by molar-refractivity contribution is -0.146. The summed E-state index contributed by atoms with van der Waals surface area (Å²) in [4.78, 5) is 13.1. The molecule has 5 rings (SSSR count). The topological polar surface area (TPSA) is 119 Å². The summed E-state index contributed by atoms with van der Waals surface area (Å²) in [6, 6.07) is 10.1. The number of nitrogens with zero attached hydrogens (tertiary/aromatic N) is 7. The molecular formula is C26H25ClF3N7O4S. The number of esters is 1. The van der Waals surface area contributed by atoms with E-state index in [0.29, 0.717) is 27.6 Å². The predicted octanol–water partition coefficient (Wildman–Crippen LogP) is 5.02. The van der Waals surface area contributed by atoms with Crippen molar-refractivity contribution in [3.63, 3.8) is 0 Å². The molecule has 0 bridgehead atoms. The highest BCUT2D eigenvalue weighted by atomic mass is 35.5. The Morgan fingerprint density at radius 2 is 1.90 bits per heavy atom. The molecule has 0 aliphatic carbocycles. The zero-order valence-electron chi connectivity index (χ0n) is 22.6. The van der Waals surface area contributed by atoms with Crippen molar-refractivity contribution in [2.45, 2.75) is 43.0 Å². The first kappa shape index (κ1) is 29.6. The van der Waals surface area contributed by atoms with Gasteiger partial charge in [0.25, 0.3) is 0 Å². The van der Waals surface area contributed by atoms with Gasteiger partial charge >= 0.3 is 12.1 Å². The molecule has 42 heavy (non-hydrogen) atoms. The van der Waals surface area contributed by atoms with Crippen molar-refractivity contribution in [1.29, 1.82) is 0 Å². The largest absolute Gasteiger partial charge is 0.493 e. The van der Waals surface area contributed by atoms with Crippen molar-refractivity contribution in [1.82, 2.24) is 35.0 Å². The summed E-state index contributed by atoms with van der Waals surface area (Å²) in [5.74, 6) is -0.456. The maximum atomic E-state index is 14.2. The van der Waals surface area contributed by atoms with Gasteiger partial charge in [0.05, 0.1) is 43.6 Å². The van der Waals surface area contributed by atoms with Crippen molar-refractivity contribution >= 4 is 29.3 Å². The average molecular weight is 624 g/mol. The van der Waals surface area contributed by atoms with Gasteiger partial charge in [0.15, 0.2) is 23.1 Å². The quantitative estimate of drug-likeness (QED) is 0.235. The Morgan fingerprint density at radius 1 is 1.10 bits per heavy atom. The Morgan fingerprint density at radius 3 is 2.62 bits per heavy atom. The molecule has 0 radical (unpaired) electrons. The van der Waals surface area contributed by atoms with Crippen molar-refractivity contribution < 1.29 is 32.2 Å². The number of benzene rings is 2. The number of carbonyl (C=O) groups excluding carboxylic acids is 1. The molecule has 11 nitrogen and oxygen atoms in total. The van der Waals surface area contributed by atoms with Crippen LogP contribution >= 0.6 is 23.4 Å². The first-order chi connectivity index (χ1) is 20.1. The molecule has 0 unspecified atom stereocenters. The second kappa shape index (κ2) is 12.2. The molecule has 0 amide bonds. The number of fused-ring (bicyclic) bond motifs is 3. The number of rotatable bonds is 9. The summed E-state index contributed by atoms with van der Waals surface area (Å²) >= 11 is 7.76. The van der Waals surface area contributed by atoms with Gasteiger partial charge in [-0.15, -0.1) is 32.2 Å². The van der Waals surface area contributed by atoms with Gasteiger partial charge in [0, 0.05) is 10.6 Å². The number of halogens is 4. The Balaban J connectivity index is 1.59. The van der Waals surface area contributed by atoms with E-state index in [0.717, 1.165) is 4.57 Å². The van der Waals surface area contributed by atoms with E-state index in [1.807, 2.05) is 6.07 Å². The molecule has 0 fully saturated rings. The molecule has 0 N–H and O–H groups in total. The normalized spacial score (nSPS) is 16.4. The minimum Gasteiger partial charge on any atom is -0.493 e. The van der Waals surface area contributed by atoms with Gasteiger partial charge in [0.1, 0.15) is 6.42 Å². The molecule has 222 valence electrons. The van der Waals surface area contributed by atoms with E-state index in [1.165, 1.54) is 42.9 Å². The summed E-state index contributed by atoms with van der Waals surface area (Å²) in [5.41, 5.74) is 1.44. The molecule has 0 saturated heterocycles. The molecule has 4 aromatic rings. The van der Waals surface area contributed by atoms with Gasteiger partial charge in [0.2, 0.25) is 5.82 Å². The molecule has 2 atom stereocenters. The minimum atomic E-state index is -4.78. The Labute approximate surface area is 247 Å². The summed E-state index contributed by atoms with van der Waals surface area (Å²) in [5, 5.41) is 18.9. The van der Waals surface area contributed by atoms with Crippen LogP contribution in [0.2, 0.25) is 5.02 Å². The lowest BCUT2D eigenvalue weighted by Gasteiger charge is -2.24. The summed E-state index contributed by atoms with van der Waals surface area (Å²) in [6.07, 6.45) is -4.68. The van der Waals surface area contributed by atoms with Crippen molar-refractivity contribution in [2.75, 3.05) is 20.8 Å². The fourth-order valence-electron chi connectivity index (χ4n) is 4.74. The number of hydrogen-bond donors (Lipinski definition) is 0.